The van der Waals surface area contributed by atoms with Gasteiger partial charge in [0.25, 0.3) is 0 Å². The molecule has 4 heteroatoms. The van der Waals surface area contributed by atoms with Crippen molar-refractivity contribution in [2.45, 2.75) is 4.90 Å². The molecule has 0 saturated carbocycles. The topological polar surface area (TPSA) is 0 Å². The van der Waals surface area contributed by atoms with Gasteiger partial charge in [-0.05, 0) is 34.3 Å². The van der Waals surface area contributed by atoms with Crippen LogP contribution in [-0.4, -0.2) is 6.26 Å². The number of hydrogen-bond acceptors (Lipinski definition) is 1. The van der Waals surface area contributed by atoms with Crippen molar-refractivity contribution in [2.24, 2.45) is 0 Å². The van der Waals surface area contributed by atoms with E-state index in [2.05, 4.69) is 15.9 Å². The van der Waals surface area contributed by atoms with E-state index in [1.807, 2.05) is 18.4 Å². The quantitative estimate of drug-likeness (QED) is 0.536. The number of benzene rings is 1. The third-order valence-corrected chi connectivity index (χ3v) is 4.10. The van der Waals surface area contributed by atoms with E-state index in [4.69, 9.17) is 23.2 Å². The zero-order valence-corrected chi connectivity index (χ0v) is 9.61. The van der Waals surface area contributed by atoms with Gasteiger partial charge < -0.3 is 0 Å². The van der Waals surface area contributed by atoms with Gasteiger partial charge in [-0.3, -0.25) is 0 Å². The summed E-state index contributed by atoms with van der Waals surface area (Å²) < 4.78 is 0.771. The van der Waals surface area contributed by atoms with Gasteiger partial charge >= 0.3 is 0 Å². The molecule has 11 heavy (non-hydrogen) atoms. The largest absolute Gasteiger partial charge is 0.128 e. The van der Waals surface area contributed by atoms with Gasteiger partial charge in [-0.15, -0.1) is 11.8 Å². The van der Waals surface area contributed by atoms with Crippen LogP contribution in [0, 0.1) is 0 Å². The molecule has 0 nitrogen and oxygen atoms in total. The van der Waals surface area contributed by atoms with Crippen molar-refractivity contribution < 1.29 is 0 Å². The Kier molecular flexibility index (Phi) is 3.56. The van der Waals surface area contributed by atoms with Crippen molar-refractivity contribution in [1.29, 1.82) is 0 Å². The molecule has 0 fully saturated rings. The monoisotopic (exact) mass is 270 g/mol. The third-order valence-electron chi connectivity index (χ3n) is 1.22. The zero-order valence-electron chi connectivity index (χ0n) is 5.70. The van der Waals surface area contributed by atoms with Gasteiger partial charge in [-0.25, -0.2) is 0 Å². The first-order chi connectivity index (χ1) is 5.16. The van der Waals surface area contributed by atoms with E-state index in [-0.39, 0.29) is 0 Å². The summed E-state index contributed by atoms with van der Waals surface area (Å²) in [6.07, 6.45) is 1.97. The molecule has 0 aliphatic heterocycles. The van der Waals surface area contributed by atoms with E-state index >= 15 is 0 Å². The maximum Gasteiger partial charge on any atom is 0.0698 e. The number of hydrogen-bond donors (Lipinski definition) is 0. The lowest BCUT2D eigenvalue weighted by Gasteiger charge is -2.03. The maximum absolute atomic E-state index is 5.95. The summed E-state index contributed by atoms with van der Waals surface area (Å²) in [7, 11) is 0. The predicted molar refractivity (Wildman–Crippen MR) is 55.9 cm³/mol. The van der Waals surface area contributed by atoms with E-state index < -0.39 is 0 Å². The summed E-state index contributed by atoms with van der Waals surface area (Å²) in [5.41, 5.74) is 0. The van der Waals surface area contributed by atoms with E-state index in [0.29, 0.717) is 10.0 Å². The molecule has 0 amide bonds. The van der Waals surface area contributed by atoms with Gasteiger partial charge in [0.05, 0.1) is 14.5 Å². The smallest absolute Gasteiger partial charge is 0.0698 e. The van der Waals surface area contributed by atoms with Crippen LogP contribution >= 0.6 is 50.9 Å². The fraction of sp³-hybridized carbons (Fsp3) is 0.143. The maximum atomic E-state index is 5.95. The molecular formula is C7H5BrCl2S. The van der Waals surface area contributed by atoms with Crippen LogP contribution in [-0.2, 0) is 0 Å². The van der Waals surface area contributed by atoms with Gasteiger partial charge in [0.15, 0.2) is 0 Å². The normalized spacial score (nSPS) is 10.2. The standard InChI is InChI=1S/C7H5BrCl2S/c1-11-5-3-2-4(9)6(8)7(5)10/h2-3H,1H3. The second kappa shape index (κ2) is 4.04. The van der Waals surface area contributed by atoms with Gasteiger partial charge in [-0.1, -0.05) is 23.2 Å². The minimum atomic E-state index is 0.646. The van der Waals surface area contributed by atoms with Crippen LogP contribution in [0.4, 0.5) is 0 Å². The predicted octanol–water partition coefficient (Wildman–Crippen LogP) is 4.48. The molecule has 0 atom stereocenters. The van der Waals surface area contributed by atoms with Gasteiger partial charge in [0, 0.05) is 4.90 Å². The Morgan fingerprint density at radius 1 is 1.36 bits per heavy atom. The molecule has 0 spiro atoms. The Morgan fingerprint density at radius 3 is 2.55 bits per heavy atom. The van der Waals surface area contributed by atoms with Crippen LogP contribution in [0.3, 0.4) is 0 Å². The fourth-order valence-electron chi connectivity index (χ4n) is 0.666. The van der Waals surface area contributed by atoms with Crippen LogP contribution in [0.2, 0.25) is 10.0 Å². The lowest BCUT2D eigenvalue weighted by Crippen LogP contribution is -1.76. The van der Waals surface area contributed by atoms with E-state index in [0.717, 1.165) is 9.37 Å². The Balaban J connectivity index is 3.25. The highest BCUT2D eigenvalue weighted by atomic mass is 79.9. The molecule has 0 bridgehead atoms. The highest BCUT2D eigenvalue weighted by molar-refractivity contribution is 9.10. The summed E-state index contributed by atoms with van der Waals surface area (Å²) in [6.45, 7) is 0. The average molecular weight is 272 g/mol. The van der Waals surface area contributed by atoms with Crippen LogP contribution in [0.1, 0.15) is 0 Å². The second-order valence-electron chi connectivity index (χ2n) is 1.88. The SMILES string of the molecule is CSc1ccc(Cl)c(Br)c1Cl. The zero-order chi connectivity index (χ0) is 8.43. The van der Waals surface area contributed by atoms with Crippen molar-refractivity contribution in [2.75, 3.05) is 6.26 Å². The summed E-state index contributed by atoms with van der Waals surface area (Å²) in [5.74, 6) is 0. The Labute approximate surface area is 88.4 Å². The number of rotatable bonds is 1. The molecule has 0 radical (unpaired) electrons. The summed E-state index contributed by atoms with van der Waals surface area (Å²) in [6, 6.07) is 3.73. The molecule has 1 aromatic rings. The van der Waals surface area contributed by atoms with E-state index in [1.54, 1.807) is 11.8 Å². The molecule has 0 N–H and O–H groups in total. The molecule has 1 rings (SSSR count). The van der Waals surface area contributed by atoms with Crippen molar-refractivity contribution in [1.82, 2.24) is 0 Å². The highest BCUT2D eigenvalue weighted by Gasteiger charge is 2.06. The minimum Gasteiger partial charge on any atom is -0.128 e. The summed E-state index contributed by atoms with van der Waals surface area (Å²) in [5, 5.41) is 1.33. The van der Waals surface area contributed by atoms with Crippen molar-refractivity contribution in [3.63, 3.8) is 0 Å². The van der Waals surface area contributed by atoms with Crippen molar-refractivity contribution in [3.05, 3.63) is 26.7 Å². The molecule has 0 heterocycles. The Morgan fingerprint density at radius 2 is 2.00 bits per heavy atom. The third kappa shape index (κ3) is 2.05. The molecule has 0 unspecified atom stereocenters. The molecule has 0 aliphatic carbocycles. The number of thioether (sulfide) groups is 1. The highest BCUT2D eigenvalue weighted by Crippen LogP contribution is 2.36. The Bertz CT molecular complexity index is 275. The van der Waals surface area contributed by atoms with Crippen LogP contribution < -0.4 is 0 Å². The van der Waals surface area contributed by atoms with Crippen LogP contribution in [0.15, 0.2) is 21.5 Å². The van der Waals surface area contributed by atoms with E-state index in [9.17, 15) is 0 Å². The molecular weight excluding hydrogens is 267 g/mol. The molecule has 0 aliphatic rings. The minimum absolute atomic E-state index is 0.646. The van der Waals surface area contributed by atoms with Crippen molar-refractivity contribution >= 4 is 50.9 Å². The Hall–Kier alpha value is 0.630. The molecule has 0 saturated heterocycles. The van der Waals surface area contributed by atoms with Gasteiger partial charge in [-0.2, -0.15) is 0 Å². The second-order valence-corrected chi connectivity index (χ2v) is 4.30. The fourth-order valence-corrected chi connectivity index (χ4v) is 2.23. The summed E-state index contributed by atoms with van der Waals surface area (Å²) in [4.78, 5) is 1.03. The van der Waals surface area contributed by atoms with Crippen molar-refractivity contribution in [3.8, 4) is 0 Å². The average Bonchev–Trinajstić information content (AvgIpc) is 2.01. The first-order valence-corrected chi connectivity index (χ1v) is 5.61. The van der Waals surface area contributed by atoms with E-state index in [1.165, 1.54) is 0 Å². The summed E-state index contributed by atoms with van der Waals surface area (Å²) >= 11 is 16.6. The molecule has 60 valence electrons. The lowest BCUT2D eigenvalue weighted by atomic mass is 10.4. The van der Waals surface area contributed by atoms with Crippen LogP contribution in [0.25, 0.3) is 0 Å². The van der Waals surface area contributed by atoms with Gasteiger partial charge in [0.2, 0.25) is 0 Å². The molecule has 1 aromatic carbocycles. The van der Waals surface area contributed by atoms with Crippen LogP contribution in [0.5, 0.6) is 0 Å². The first kappa shape index (κ1) is 9.72. The lowest BCUT2D eigenvalue weighted by molar-refractivity contribution is 1.44. The first-order valence-electron chi connectivity index (χ1n) is 2.84. The number of halogens is 3. The molecule has 0 aromatic heterocycles. The van der Waals surface area contributed by atoms with Gasteiger partial charge in [0.1, 0.15) is 0 Å².